The minimum Gasteiger partial charge on any atom is -0.481 e. The number of hydrogen-bond acceptors (Lipinski definition) is 3. The average Bonchev–Trinajstić information content (AvgIpc) is 2.48. The van der Waals surface area contributed by atoms with Gasteiger partial charge in [-0.1, -0.05) is 28.9 Å². The third-order valence-corrected chi connectivity index (χ3v) is 5.49. The van der Waals surface area contributed by atoms with E-state index in [1.807, 2.05) is 13.0 Å². The van der Waals surface area contributed by atoms with Crippen molar-refractivity contribution in [3.05, 3.63) is 35.5 Å². The fourth-order valence-electron chi connectivity index (χ4n) is 2.39. The molecule has 0 fully saturated rings. The van der Waals surface area contributed by atoms with E-state index in [0.717, 1.165) is 33.2 Å². The molecule has 0 aliphatic rings. The van der Waals surface area contributed by atoms with Gasteiger partial charge in [-0.2, -0.15) is 0 Å². The molecule has 1 atom stereocenters. The van der Waals surface area contributed by atoms with Crippen molar-refractivity contribution in [1.29, 1.82) is 0 Å². The molecule has 2 aromatic rings. The Labute approximate surface area is 143 Å². The van der Waals surface area contributed by atoms with Gasteiger partial charge in [0.05, 0.1) is 11.9 Å². The van der Waals surface area contributed by atoms with E-state index >= 15 is 0 Å². The van der Waals surface area contributed by atoms with Gasteiger partial charge in [-0.15, -0.1) is 11.8 Å². The largest absolute Gasteiger partial charge is 0.481 e. The van der Waals surface area contributed by atoms with Crippen molar-refractivity contribution >= 4 is 44.6 Å². The number of pyridine rings is 1. The molecular formula is C17H20BrNO2S. The highest BCUT2D eigenvalue weighted by molar-refractivity contribution is 9.09. The summed E-state index contributed by atoms with van der Waals surface area (Å²) >= 11 is 5.17. The molecule has 1 N–H and O–H groups in total. The number of thioether (sulfide) groups is 1. The summed E-state index contributed by atoms with van der Waals surface area (Å²) < 4.78 is 0. The van der Waals surface area contributed by atoms with E-state index in [-0.39, 0.29) is 6.42 Å². The first kappa shape index (κ1) is 17.3. The Morgan fingerprint density at radius 2 is 2.18 bits per heavy atom. The highest BCUT2D eigenvalue weighted by Gasteiger charge is 2.11. The number of halogens is 1. The third-order valence-electron chi connectivity index (χ3n) is 3.65. The second-order valence-electron chi connectivity index (χ2n) is 5.29. The van der Waals surface area contributed by atoms with Crippen LogP contribution in [-0.4, -0.2) is 27.1 Å². The second kappa shape index (κ2) is 7.97. The number of carboxylic acid groups (broad SMARTS) is 1. The van der Waals surface area contributed by atoms with E-state index in [4.69, 9.17) is 5.11 Å². The summed E-state index contributed by atoms with van der Waals surface area (Å²) in [5, 5.41) is 10.9. The molecule has 22 heavy (non-hydrogen) atoms. The minimum absolute atomic E-state index is 0.173. The Hall–Kier alpha value is -1.07. The highest BCUT2D eigenvalue weighted by atomic mass is 79.9. The predicted octanol–water partition coefficient (Wildman–Crippen LogP) is 5.00. The standard InChI is InChI=1S/C17H20BrNO2S/c1-3-12(10-18)13-4-5-15-14(9-13)16(8-11(2)19-15)22-7-6-17(20)21/h4-5,8-9,12H,3,6-7,10H2,1-2H3,(H,20,21). The zero-order valence-electron chi connectivity index (χ0n) is 12.8. The first-order valence-electron chi connectivity index (χ1n) is 7.37. The Balaban J connectivity index is 2.39. The lowest BCUT2D eigenvalue weighted by Crippen LogP contribution is -1.99. The van der Waals surface area contributed by atoms with Gasteiger partial charge in [0.1, 0.15) is 0 Å². The number of carboxylic acids is 1. The highest BCUT2D eigenvalue weighted by Crippen LogP contribution is 2.32. The first-order valence-corrected chi connectivity index (χ1v) is 9.47. The summed E-state index contributed by atoms with van der Waals surface area (Å²) in [4.78, 5) is 16.4. The van der Waals surface area contributed by atoms with Gasteiger partial charge in [-0.25, -0.2) is 0 Å². The van der Waals surface area contributed by atoms with Crippen LogP contribution in [0.5, 0.6) is 0 Å². The number of aryl methyl sites for hydroxylation is 1. The van der Waals surface area contributed by atoms with Crippen LogP contribution in [0.15, 0.2) is 29.2 Å². The molecule has 5 heteroatoms. The van der Waals surface area contributed by atoms with Crippen LogP contribution in [0, 0.1) is 6.92 Å². The van der Waals surface area contributed by atoms with E-state index in [9.17, 15) is 4.79 Å². The number of aromatic nitrogens is 1. The fraction of sp³-hybridized carbons (Fsp3) is 0.412. The van der Waals surface area contributed by atoms with Crippen LogP contribution >= 0.6 is 27.7 Å². The summed E-state index contributed by atoms with van der Waals surface area (Å²) in [7, 11) is 0. The molecule has 0 saturated heterocycles. The zero-order chi connectivity index (χ0) is 16.1. The molecule has 0 amide bonds. The predicted molar refractivity (Wildman–Crippen MR) is 96.3 cm³/mol. The van der Waals surface area contributed by atoms with Crippen molar-refractivity contribution in [3.8, 4) is 0 Å². The number of nitrogens with zero attached hydrogens (tertiary/aromatic N) is 1. The van der Waals surface area contributed by atoms with Crippen LogP contribution in [-0.2, 0) is 4.79 Å². The zero-order valence-corrected chi connectivity index (χ0v) is 15.2. The summed E-state index contributed by atoms with van der Waals surface area (Å²) in [6, 6.07) is 8.48. The average molecular weight is 382 g/mol. The molecule has 2 rings (SSSR count). The summed E-state index contributed by atoms with van der Waals surface area (Å²) in [6.45, 7) is 4.16. The fourth-order valence-corrected chi connectivity index (χ4v) is 4.29. The maximum atomic E-state index is 10.7. The smallest absolute Gasteiger partial charge is 0.304 e. The Kier molecular flexibility index (Phi) is 6.26. The van der Waals surface area contributed by atoms with Crippen LogP contribution in [0.25, 0.3) is 10.9 Å². The number of benzene rings is 1. The van der Waals surface area contributed by atoms with Crippen molar-refractivity contribution in [3.63, 3.8) is 0 Å². The van der Waals surface area contributed by atoms with Gasteiger partial charge in [0.15, 0.2) is 0 Å². The quantitative estimate of drug-likeness (QED) is 0.541. The number of fused-ring (bicyclic) bond motifs is 1. The second-order valence-corrected chi connectivity index (χ2v) is 7.07. The molecule has 0 saturated carbocycles. The van der Waals surface area contributed by atoms with Crippen LogP contribution in [0.4, 0.5) is 0 Å². The molecule has 3 nitrogen and oxygen atoms in total. The Morgan fingerprint density at radius 3 is 2.82 bits per heavy atom. The number of aliphatic carboxylic acids is 1. The van der Waals surface area contributed by atoms with Crippen molar-refractivity contribution < 1.29 is 9.90 Å². The maximum absolute atomic E-state index is 10.7. The van der Waals surface area contributed by atoms with E-state index in [1.165, 1.54) is 5.56 Å². The number of alkyl halides is 1. The Morgan fingerprint density at radius 1 is 1.41 bits per heavy atom. The maximum Gasteiger partial charge on any atom is 0.304 e. The number of rotatable bonds is 7. The van der Waals surface area contributed by atoms with E-state index < -0.39 is 5.97 Å². The van der Waals surface area contributed by atoms with Gasteiger partial charge in [-0.05, 0) is 43.0 Å². The van der Waals surface area contributed by atoms with Crippen molar-refractivity contribution in [2.75, 3.05) is 11.1 Å². The summed E-state index contributed by atoms with van der Waals surface area (Å²) in [5.41, 5.74) is 3.24. The van der Waals surface area contributed by atoms with Crippen molar-refractivity contribution in [2.45, 2.75) is 37.5 Å². The molecule has 1 heterocycles. The van der Waals surface area contributed by atoms with Crippen molar-refractivity contribution in [1.82, 2.24) is 4.98 Å². The van der Waals surface area contributed by atoms with Crippen LogP contribution < -0.4 is 0 Å². The minimum atomic E-state index is -0.756. The molecule has 0 bridgehead atoms. The first-order chi connectivity index (χ1) is 10.5. The van der Waals surface area contributed by atoms with Gasteiger partial charge < -0.3 is 5.11 Å². The van der Waals surface area contributed by atoms with Crippen LogP contribution in [0.2, 0.25) is 0 Å². The molecular weight excluding hydrogens is 362 g/mol. The topological polar surface area (TPSA) is 50.2 Å². The molecule has 1 aromatic heterocycles. The lowest BCUT2D eigenvalue weighted by molar-refractivity contribution is -0.136. The molecule has 1 aromatic carbocycles. The van der Waals surface area contributed by atoms with Gasteiger partial charge in [-0.3, -0.25) is 9.78 Å². The van der Waals surface area contributed by atoms with Crippen LogP contribution in [0.3, 0.4) is 0 Å². The SMILES string of the molecule is CCC(CBr)c1ccc2nc(C)cc(SCCC(=O)O)c2c1. The van der Waals surface area contributed by atoms with E-state index in [2.05, 4.69) is 46.0 Å². The molecule has 1 unspecified atom stereocenters. The monoisotopic (exact) mass is 381 g/mol. The molecule has 0 aliphatic heterocycles. The Bertz CT molecular complexity index is 671. The van der Waals surface area contributed by atoms with Gasteiger partial charge in [0.2, 0.25) is 0 Å². The molecule has 0 spiro atoms. The molecule has 0 radical (unpaired) electrons. The van der Waals surface area contributed by atoms with Gasteiger partial charge >= 0.3 is 5.97 Å². The van der Waals surface area contributed by atoms with Gasteiger partial charge in [0.25, 0.3) is 0 Å². The third kappa shape index (κ3) is 4.23. The van der Waals surface area contributed by atoms with Gasteiger partial charge in [0, 0.05) is 27.1 Å². The summed E-state index contributed by atoms with van der Waals surface area (Å²) in [6.07, 6.45) is 1.25. The lowest BCUT2D eigenvalue weighted by atomic mass is 9.97. The number of carbonyl (C=O) groups is 1. The van der Waals surface area contributed by atoms with E-state index in [0.29, 0.717) is 11.7 Å². The molecule has 118 valence electrons. The van der Waals surface area contributed by atoms with Crippen molar-refractivity contribution in [2.24, 2.45) is 0 Å². The van der Waals surface area contributed by atoms with E-state index in [1.54, 1.807) is 11.8 Å². The number of hydrogen-bond donors (Lipinski definition) is 1. The van der Waals surface area contributed by atoms with Crippen LogP contribution in [0.1, 0.15) is 36.9 Å². The molecule has 0 aliphatic carbocycles. The lowest BCUT2D eigenvalue weighted by Gasteiger charge is -2.14. The summed E-state index contributed by atoms with van der Waals surface area (Å²) in [5.74, 6) is 0.310. The normalized spacial score (nSPS) is 12.5.